The molecule has 0 radical (unpaired) electrons. The molecule has 0 spiro atoms. The van der Waals surface area contributed by atoms with E-state index < -0.39 is 12.0 Å². The minimum absolute atomic E-state index is 0.205. The number of hydrogen-bond acceptors (Lipinski definition) is 4. The number of aromatic nitrogens is 4. The van der Waals surface area contributed by atoms with Crippen molar-refractivity contribution in [1.82, 2.24) is 20.2 Å². The van der Waals surface area contributed by atoms with Crippen LogP contribution in [0.15, 0.2) is 30.5 Å². The van der Waals surface area contributed by atoms with Crippen LogP contribution in [0.4, 0.5) is 19.0 Å². The second-order valence-corrected chi connectivity index (χ2v) is 5.46. The molecule has 5 nitrogen and oxygen atoms in total. The predicted octanol–water partition coefficient (Wildman–Crippen LogP) is 3.72. The Kier molecular flexibility index (Phi) is 4.37. The van der Waals surface area contributed by atoms with E-state index in [0.29, 0.717) is 11.9 Å². The maximum Gasteiger partial charge on any atom is 0.451 e. The summed E-state index contributed by atoms with van der Waals surface area (Å²) in [6.45, 7) is 2.44. The number of rotatable bonds is 5. The fraction of sp³-hybridized carbons (Fsp3) is 0.312. The van der Waals surface area contributed by atoms with Gasteiger partial charge in [-0.3, -0.25) is 5.10 Å². The van der Waals surface area contributed by atoms with Crippen molar-refractivity contribution in [2.24, 2.45) is 0 Å². The molecule has 2 aromatic heterocycles. The van der Waals surface area contributed by atoms with Crippen LogP contribution in [0.5, 0.6) is 0 Å². The summed E-state index contributed by atoms with van der Waals surface area (Å²) in [6.07, 6.45) is -1.28. The highest BCUT2D eigenvalue weighted by molar-refractivity contribution is 5.89. The lowest BCUT2D eigenvalue weighted by atomic mass is 10.1. The van der Waals surface area contributed by atoms with Crippen molar-refractivity contribution in [2.75, 3.05) is 11.9 Å². The minimum atomic E-state index is -4.58. The highest BCUT2D eigenvalue weighted by atomic mass is 19.4. The molecule has 3 rings (SSSR count). The summed E-state index contributed by atoms with van der Waals surface area (Å²) < 4.78 is 38.9. The lowest BCUT2D eigenvalue weighted by Crippen LogP contribution is -2.14. The second kappa shape index (κ2) is 6.46. The number of nitrogens with one attached hydrogen (secondary N) is 2. The van der Waals surface area contributed by atoms with E-state index in [1.165, 1.54) is 0 Å². The van der Waals surface area contributed by atoms with Gasteiger partial charge in [0.1, 0.15) is 5.82 Å². The van der Waals surface area contributed by atoms with Crippen molar-refractivity contribution in [3.8, 4) is 0 Å². The molecule has 1 aromatic carbocycles. The van der Waals surface area contributed by atoms with E-state index >= 15 is 0 Å². The molecule has 126 valence electrons. The number of aromatic amines is 1. The Balaban J connectivity index is 1.76. The molecule has 0 atom stereocenters. The zero-order chi connectivity index (χ0) is 17.2. The third-order valence-corrected chi connectivity index (χ3v) is 3.71. The van der Waals surface area contributed by atoms with Crippen LogP contribution < -0.4 is 5.32 Å². The average Bonchev–Trinajstić information content (AvgIpc) is 2.95. The molecule has 3 aromatic rings. The molecule has 0 fully saturated rings. The Bertz CT molecular complexity index is 841. The lowest BCUT2D eigenvalue weighted by molar-refractivity contribution is -0.144. The summed E-state index contributed by atoms with van der Waals surface area (Å²) in [5, 5.41) is 10.4. The molecular formula is C16H16F3N5. The molecule has 2 heterocycles. The summed E-state index contributed by atoms with van der Waals surface area (Å²) in [5.41, 5.74) is 2.37. The van der Waals surface area contributed by atoms with Crippen LogP contribution >= 0.6 is 0 Å². The van der Waals surface area contributed by atoms with Gasteiger partial charge in [-0.25, -0.2) is 9.97 Å². The van der Waals surface area contributed by atoms with Gasteiger partial charge in [-0.1, -0.05) is 12.1 Å². The molecule has 0 unspecified atom stereocenters. The molecule has 0 aliphatic heterocycles. The first-order valence-electron chi connectivity index (χ1n) is 7.52. The van der Waals surface area contributed by atoms with Crippen molar-refractivity contribution in [3.63, 3.8) is 0 Å². The Morgan fingerprint density at radius 3 is 2.67 bits per heavy atom. The van der Waals surface area contributed by atoms with Gasteiger partial charge in [0.25, 0.3) is 0 Å². The van der Waals surface area contributed by atoms with Gasteiger partial charge in [0, 0.05) is 17.6 Å². The Morgan fingerprint density at radius 1 is 1.17 bits per heavy atom. The van der Waals surface area contributed by atoms with E-state index in [4.69, 9.17) is 0 Å². The van der Waals surface area contributed by atoms with Crippen molar-refractivity contribution < 1.29 is 13.2 Å². The molecule has 2 N–H and O–H groups in total. The first kappa shape index (κ1) is 16.2. The number of halogens is 3. The van der Waals surface area contributed by atoms with E-state index in [-0.39, 0.29) is 11.3 Å². The van der Waals surface area contributed by atoms with Crippen LogP contribution in [0.2, 0.25) is 0 Å². The molecule has 0 bridgehead atoms. The summed E-state index contributed by atoms with van der Waals surface area (Å²) >= 11 is 0. The molecule has 0 aliphatic rings. The summed E-state index contributed by atoms with van der Waals surface area (Å²) in [7, 11) is 0. The quantitative estimate of drug-likeness (QED) is 0.697. The third-order valence-electron chi connectivity index (χ3n) is 3.71. The summed E-state index contributed by atoms with van der Waals surface area (Å²) in [6, 6.07) is 6.66. The normalized spacial score (nSPS) is 11.8. The van der Waals surface area contributed by atoms with E-state index in [1.54, 1.807) is 30.5 Å². The van der Waals surface area contributed by atoms with E-state index in [9.17, 15) is 13.2 Å². The summed E-state index contributed by atoms with van der Waals surface area (Å²) in [5.74, 6) is -0.925. The molecule has 8 heteroatoms. The predicted molar refractivity (Wildman–Crippen MR) is 84.7 cm³/mol. The van der Waals surface area contributed by atoms with Crippen LogP contribution in [-0.4, -0.2) is 26.7 Å². The highest BCUT2D eigenvalue weighted by Gasteiger charge is 2.35. The number of nitrogens with zero attached hydrogens (tertiary/aromatic N) is 3. The van der Waals surface area contributed by atoms with Gasteiger partial charge < -0.3 is 5.32 Å². The number of benzene rings is 1. The lowest BCUT2D eigenvalue weighted by Gasteiger charge is -2.12. The van der Waals surface area contributed by atoms with Crippen LogP contribution in [0.1, 0.15) is 23.5 Å². The Morgan fingerprint density at radius 2 is 1.96 bits per heavy atom. The molecule has 0 aliphatic carbocycles. The van der Waals surface area contributed by atoms with Gasteiger partial charge in [-0.15, -0.1) is 0 Å². The minimum Gasteiger partial charge on any atom is -0.369 e. The molecule has 0 saturated heterocycles. The van der Waals surface area contributed by atoms with E-state index in [0.717, 1.165) is 24.1 Å². The Labute approximate surface area is 136 Å². The SMILES string of the molecule is Cc1[nH]ncc1CCCNc1nc(C(F)(F)F)nc2ccccc12. The van der Waals surface area contributed by atoms with E-state index in [2.05, 4.69) is 25.5 Å². The number of fused-ring (bicyclic) bond motifs is 1. The van der Waals surface area contributed by atoms with Crippen LogP contribution in [0.3, 0.4) is 0 Å². The maximum atomic E-state index is 13.0. The molecule has 0 saturated carbocycles. The van der Waals surface area contributed by atoms with Gasteiger partial charge in [0.2, 0.25) is 5.82 Å². The smallest absolute Gasteiger partial charge is 0.369 e. The van der Waals surface area contributed by atoms with Gasteiger partial charge in [-0.05, 0) is 37.5 Å². The second-order valence-electron chi connectivity index (χ2n) is 5.46. The topological polar surface area (TPSA) is 66.5 Å². The van der Waals surface area contributed by atoms with Gasteiger partial charge in [-0.2, -0.15) is 18.3 Å². The van der Waals surface area contributed by atoms with Crippen LogP contribution in [0, 0.1) is 6.92 Å². The first-order chi connectivity index (χ1) is 11.4. The fourth-order valence-corrected chi connectivity index (χ4v) is 2.45. The van der Waals surface area contributed by atoms with Gasteiger partial charge in [0.05, 0.1) is 11.7 Å². The van der Waals surface area contributed by atoms with Gasteiger partial charge >= 0.3 is 6.18 Å². The maximum absolute atomic E-state index is 13.0. The van der Waals surface area contributed by atoms with Gasteiger partial charge in [0.15, 0.2) is 0 Å². The number of anilines is 1. The zero-order valence-electron chi connectivity index (χ0n) is 13.0. The zero-order valence-corrected chi connectivity index (χ0v) is 13.0. The highest BCUT2D eigenvalue weighted by Crippen LogP contribution is 2.30. The van der Waals surface area contributed by atoms with Crippen LogP contribution in [-0.2, 0) is 12.6 Å². The molecular weight excluding hydrogens is 319 g/mol. The summed E-state index contributed by atoms with van der Waals surface area (Å²) in [4.78, 5) is 7.26. The Hall–Kier alpha value is -2.64. The first-order valence-corrected chi connectivity index (χ1v) is 7.52. The fourth-order valence-electron chi connectivity index (χ4n) is 2.45. The third kappa shape index (κ3) is 3.47. The number of aryl methyl sites for hydroxylation is 2. The standard InChI is InChI=1S/C16H16F3N5/c1-10-11(9-21-24-10)5-4-8-20-14-12-6-2-3-7-13(12)22-15(23-14)16(17,18)19/h2-3,6-7,9H,4-5,8H2,1H3,(H,21,24)(H,20,22,23). The number of para-hydroxylation sites is 1. The van der Waals surface area contributed by atoms with E-state index in [1.807, 2.05) is 6.92 Å². The number of H-pyrrole nitrogens is 1. The van der Waals surface area contributed by atoms with Crippen molar-refractivity contribution in [2.45, 2.75) is 25.9 Å². The molecule has 24 heavy (non-hydrogen) atoms. The van der Waals surface area contributed by atoms with Crippen molar-refractivity contribution in [1.29, 1.82) is 0 Å². The largest absolute Gasteiger partial charge is 0.451 e. The number of alkyl halides is 3. The average molecular weight is 335 g/mol. The van der Waals surface area contributed by atoms with Crippen molar-refractivity contribution in [3.05, 3.63) is 47.5 Å². The molecule has 0 amide bonds. The van der Waals surface area contributed by atoms with Crippen LogP contribution in [0.25, 0.3) is 10.9 Å². The number of hydrogen-bond donors (Lipinski definition) is 2. The van der Waals surface area contributed by atoms with Crippen molar-refractivity contribution >= 4 is 16.7 Å². The monoisotopic (exact) mass is 335 g/mol.